The molecule has 2 heterocycles. The highest BCUT2D eigenvalue weighted by atomic mass is 16.6. The molecule has 8 heteroatoms. The van der Waals surface area contributed by atoms with Crippen molar-refractivity contribution in [2.24, 2.45) is 16.8 Å². The van der Waals surface area contributed by atoms with Crippen molar-refractivity contribution in [3.05, 3.63) is 36.5 Å². The summed E-state index contributed by atoms with van der Waals surface area (Å²) < 4.78 is 5.45. The van der Waals surface area contributed by atoms with E-state index in [4.69, 9.17) is 10.5 Å². The molecule has 2 aliphatic carbocycles. The van der Waals surface area contributed by atoms with E-state index in [9.17, 15) is 9.59 Å². The van der Waals surface area contributed by atoms with Crippen molar-refractivity contribution < 1.29 is 14.3 Å². The van der Waals surface area contributed by atoms with Crippen LogP contribution in [-0.2, 0) is 9.53 Å². The highest BCUT2D eigenvalue weighted by molar-refractivity contribution is 6.02. The Balaban J connectivity index is 1.43. The molecule has 148 valence electrons. The van der Waals surface area contributed by atoms with E-state index in [0.717, 1.165) is 23.6 Å². The number of aliphatic imine (C=N–C) groups is 1. The molecule has 1 saturated heterocycles. The minimum Gasteiger partial charge on any atom is -0.443 e. The average molecular weight is 391 g/mol. The van der Waals surface area contributed by atoms with Crippen LogP contribution in [-0.4, -0.2) is 42.4 Å². The van der Waals surface area contributed by atoms with Crippen LogP contribution in [0.25, 0.3) is 10.8 Å². The molecule has 3 N–H and O–H groups in total. The zero-order valence-corrected chi connectivity index (χ0v) is 15.7. The summed E-state index contributed by atoms with van der Waals surface area (Å²) in [5.41, 5.74) is 7.41. The summed E-state index contributed by atoms with van der Waals surface area (Å²) in [6.07, 6.45) is 6.66. The molecule has 5 rings (SSSR count). The number of nitrogens with one attached hydrogen (secondary N) is 1. The number of nitrogens with zero attached hydrogens (tertiary/aromatic N) is 3. The van der Waals surface area contributed by atoms with Gasteiger partial charge in [0, 0.05) is 36.2 Å². The first-order valence-electron chi connectivity index (χ1n) is 9.64. The summed E-state index contributed by atoms with van der Waals surface area (Å²) in [7, 11) is 0. The number of ether oxygens (including phenoxy) is 1. The monoisotopic (exact) mass is 391 g/mol. The Labute approximate surface area is 167 Å². The van der Waals surface area contributed by atoms with Crippen LogP contribution in [0.15, 0.2) is 41.5 Å². The summed E-state index contributed by atoms with van der Waals surface area (Å²) in [5.74, 6) is 0.624. The predicted molar refractivity (Wildman–Crippen MR) is 111 cm³/mol. The fourth-order valence-electron chi connectivity index (χ4n) is 4.20. The van der Waals surface area contributed by atoms with Gasteiger partial charge in [-0.3, -0.25) is 9.69 Å². The Hall–Kier alpha value is -3.42. The molecular formula is C21H21N5O3. The largest absolute Gasteiger partial charge is 0.443 e. The van der Waals surface area contributed by atoms with Crippen molar-refractivity contribution in [2.75, 3.05) is 22.5 Å². The topological polar surface area (TPSA) is 110 Å². The van der Waals surface area contributed by atoms with E-state index in [1.807, 2.05) is 18.2 Å². The molecule has 29 heavy (non-hydrogen) atoms. The van der Waals surface area contributed by atoms with Crippen LogP contribution in [0.1, 0.15) is 12.8 Å². The first-order valence-corrected chi connectivity index (χ1v) is 9.64. The molecule has 2 fully saturated rings. The number of anilines is 3. The second-order valence-electron chi connectivity index (χ2n) is 7.77. The zero-order valence-electron chi connectivity index (χ0n) is 15.7. The normalized spacial score (nSPS) is 27.0. The second-order valence-corrected chi connectivity index (χ2v) is 7.77. The molecule has 2 amide bonds. The first-order chi connectivity index (χ1) is 14.0. The lowest BCUT2D eigenvalue weighted by Gasteiger charge is -2.20. The Kier molecular flexibility index (Phi) is 4.01. The van der Waals surface area contributed by atoms with Crippen molar-refractivity contribution in [3.63, 3.8) is 0 Å². The van der Waals surface area contributed by atoms with Crippen molar-refractivity contribution in [1.82, 2.24) is 4.98 Å². The number of nitrogens with two attached hydrogens (primary N) is 1. The fraction of sp³-hybridized carbons (Fsp3) is 0.333. The third kappa shape index (κ3) is 3.00. The summed E-state index contributed by atoms with van der Waals surface area (Å²) >= 11 is 0. The number of benzene rings is 1. The molecule has 2 unspecified atom stereocenters. The van der Waals surface area contributed by atoms with E-state index in [0.29, 0.717) is 23.7 Å². The lowest BCUT2D eigenvalue weighted by atomic mass is 10.1. The van der Waals surface area contributed by atoms with Gasteiger partial charge >= 0.3 is 6.09 Å². The van der Waals surface area contributed by atoms with Gasteiger partial charge in [0.1, 0.15) is 11.9 Å². The molecule has 8 nitrogen and oxygen atoms in total. The Morgan fingerprint density at radius 2 is 2.28 bits per heavy atom. The summed E-state index contributed by atoms with van der Waals surface area (Å²) in [6, 6.07) is 5.29. The van der Waals surface area contributed by atoms with Crippen LogP contribution in [0.5, 0.6) is 0 Å². The fourth-order valence-corrected chi connectivity index (χ4v) is 4.20. The summed E-state index contributed by atoms with van der Waals surface area (Å²) in [4.78, 5) is 34.6. The van der Waals surface area contributed by atoms with Crippen LogP contribution in [0.4, 0.5) is 22.0 Å². The molecule has 2 aromatic rings. The number of hydrogen-bond acceptors (Lipinski definition) is 6. The van der Waals surface area contributed by atoms with E-state index in [2.05, 4.69) is 22.0 Å². The highest BCUT2D eigenvalue weighted by Gasteiger charge is 2.43. The molecule has 4 atom stereocenters. The van der Waals surface area contributed by atoms with Crippen molar-refractivity contribution in [2.45, 2.75) is 25.0 Å². The van der Waals surface area contributed by atoms with Gasteiger partial charge in [-0.15, -0.1) is 0 Å². The maximum atomic E-state index is 12.4. The third-order valence-corrected chi connectivity index (χ3v) is 5.84. The number of carbonyl (C=O) groups excluding carboxylic acids is 2. The molecule has 1 aromatic heterocycles. The number of pyridine rings is 1. The maximum Gasteiger partial charge on any atom is 0.415 e. The number of nitrogen functional groups attached to an aromatic ring is 1. The minimum absolute atomic E-state index is 0.0418. The van der Waals surface area contributed by atoms with E-state index < -0.39 is 0 Å². The molecule has 1 aromatic carbocycles. The average Bonchev–Trinajstić information content (AvgIpc) is 3.19. The van der Waals surface area contributed by atoms with E-state index in [-0.39, 0.29) is 36.0 Å². The van der Waals surface area contributed by atoms with Crippen molar-refractivity contribution in [1.29, 1.82) is 0 Å². The van der Waals surface area contributed by atoms with Crippen molar-refractivity contribution in [3.8, 4) is 0 Å². The lowest BCUT2D eigenvalue weighted by molar-refractivity contribution is -0.117. The predicted octanol–water partition coefficient (Wildman–Crippen LogP) is 2.75. The van der Waals surface area contributed by atoms with Crippen LogP contribution in [0, 0.1) is 11.8 Å². The number of carbonyl (C=O) groups is 2. The molecule has 0 radical (unpaired) electrons. The molecule has 1 aliphatic heterocycles. The van der Waals surface area contributed by atoms with Gasteiger partial charge < -0.3 is 20.8 Å². The second kappa shape index (κ2) is 6.58. The molecule has 0 spiro atoms. The highest BCUT2D eigenvalue weighted by Crippen LogP contribution is 2.40. The third-order valence-electron chi connectivity index (χ3n) is 5.84. The van der Waals surface area contributed by atoms with Gasteiger partial charge in [-0.05, 0) is 42.6 Å². The van der Waals surface area contributed by atoms with Gasteiger partial charge in [-0.1, -0.05) is 12.2 Å². The van der Waals surface area contributed by atoms with Crippen LogP contribution < -0.4 is 16.0 Å². The van der Waals surface area contributed by atoms with Crippen molar-refractivity contribution >= 4 is 46.7 Å². The van der Waals surface area contributed by atoms with Crippen LogP contribution in [0.3, 0.4) is 0 Å². The van der Waals surface area contributed by atoms with Gasteiger partial charge in [-0.2, -0.15) is 0 Å². The van der Waals surface area contributed by atoms with E-state index in [1.165, 1.54) is 0 Å². The summed E-state index contributed by atoms with van der Waals surface area (Å²) in [6.45, 7) is 4.08. The summed E-state index contributed by atoms with van der Waals surface area (Å²) in [5, 5.41) is 4.43. The molecule has 0 bridgehead atoms. The number of amides is 2. The van der Waals surface area contributed by atoms with E-state index >= 15 is 0 Å². The SMILES string of the molecule is C=NC[C@H]1C[C@@H]1C(=O)Nc1cc2cc(N3C(=O)OC4CC=CC43)cc(N)c2cn1. The molecule has 1 saturated carbocycles. The number of fused-ring (bicyclic) bond motifs is 2. The Morgan fingerprint density at radius 3 is 3.10 bits per heavy atom. The van der Waals surface area contributed by atoms with E-state index in [1.54, 1.807) is 23.2 Å². The zero-order chi connectivity index (χ0) is 20.1. The minimum atomic E-state index is -0.374. The van der Waals surface area contributed by atoms with Gasteiger partial charge in [0.05, 0.1) is 11.7 Å². The smallest absolute Gasteiger partial charge is 0.415 e. The Morgan fingerprint density at radius 1 is 1.41 bits per heavy atom. The number of rotatable bonds is 5. The number of aromatic nitrogens is 1. The molecule has 3 aliphatic rings. The van der Waals surface area contributed by atoms with Gasteiger partial charge in [0.25, 0.3) is 0 Å². The van der Waals surface area contributed by atoms with Gasteiger partial charge in [0.15, 0.2) is 0 Å². The molecular weight excluding hydrogens is 370 g/mol. The van der Waals surface area contributed by atoms with Gasteiger partial charge in [0.2, 0.25) is 5.91 Å². The lowest BCUT2D eigenvalue weighted by Crippen LogP contribution is -2.33. The van der Waals surface area contributed by atoms with Crippen LogP contribution in [0.2, 0.25) is 0 Å². The quantitative estimate of drug-likeness (QED) is 0.463. The number of hydrogen-bond donors (Lipinski definition) is 2. The standard InChI is InChI=1S/C21H21N5O3/c1-23-9-12-6-14(12)20(27)25-19-7-11-5-13(8-16(22)15(11)10-24-19)26-17-3-2-4-18(17)29-21(26)28/h2-3,5,7-8,10,12,14,17-18H,1,4,6,9,22H2,(H,24,25,27)/t12-,14+,17?,18?/m1/s1. The van der Waals surface area contributed by atoms with Gasteiger partial charge in [-0.25, -0.2) is 9.78 Å². The first kappa shape index (κ1) is 17.7. The maximum absolute atomic E-state index is 12.4. The Bertz CT molecular complexity index is 1070. The van der Waals surface area contributed by atoms with Crippen LogP contribution >= 0.6 is 0 Å².